The van der Waals surface area contributed by atoms with Crippen LogP contribution in [0.25, 0.3) is 0 Å². The van der Waals surface area contributed by atoms with Crippen molar-refractivity contribution in [1.82, 2.24) is 10.2 Å². The number of rotatable bonds is 5. The summed E-state index contributed by atoms with van der Waals surface area (Å²) in [7, 11) is 0. The monoisotopic (exact) mass is 415 g/mol. The number of hydrogen-bond donors (Lipinski definition) is 2. The predicted octanol–water partition coefficient (Wildman–Crippen LogP) is 3.56. The molecule has 0 bridgehead atoms. The summed E-state index contributed by atoms with van der Waals surface area (Å²) in [6, 6.07) is 9.30. The van der Waals surface area contributed by atoms with E-state index in [0.29, 0.717) is 31.8 Å². The first-order valence-electron chi connectivity index (χ1n) is 11.1. The van der Waals surface area contributed by atoms with Crippen LogP contribution in [0.5, 0.6) is 0 Å². The third kappa shape index (κ3) is 5.97. The highest BCUT2D eigenvalue weighted by Crippen LogP contribution is 2.24. The van der Waals surface area contributed by atoms with E-state index in [2.05, 4.69) is 17.6 Å². The van der Waals surface area contributed by atoms with Crippen LogP contribution in [-0.2, 0) is 14.3 Å². The molecule has 1 saturated carbocycles. The zero-order valence-corrected chi connectivity index (χ0v) is 17.9. The summed E-state index contributed by atoms with van der Waals surface area (Å²) in [5, 5.41) is 5.91. The number of urea groups is 1. The molecule has 3 rings (SSSR count). The second kappa shape index (κ2) is 10.5. The van der Waals surface area contributed by atoms with Gasteiger partial charge < -0.3 is 20.3 Å². The van der Waals surface area contributed by atoms with E-state index < -0.39 is 6.10 Å². The van der Waals surface area contributed by atoms with E-state index in [9.17, 15) is 14.4 Å². The Morgan fingerprint density at radius 3 is 2.37 bits per heavy atom. The Morgan fingerprint density at radius 1 is 1.03 bits per heavy atom. The molecule has 1 aromatic carbocycles. The molecule has 0 spiro atoms. The Bertz CT molecular complexity index is 731. The van der Waals surface area contributed by atoms with Crippen LogP contribution in [0.3, 0.4) is 0 Å². The number of anilines is 1. The molecule has 1 aliphatic heterocycles. The minimum atomic E-state index is -0.800. The molecule has 3 atom stereocenters. The van der Waals surface area contributed by atoms with Crippen LogP contribution in [0.15, 0.2) is 30.3 Å². The third-order valence-corrected chi connectivity index (χ3v) is 6.24. The molecular formula is C23H33N3O4. The van der Waals surface area contributed by atoms with E-state index in [1.807, 2.05) is 30.3 Å². The predicted molar refractivity (Wildman–Crippen MR) is 115 cm³/mol. The Kier molecular flexibility index (Phi) is 7.71. The van der Waals surface area contributed by atoms with Crippen LogP contribution in [-0.4, -0.2) is 48.0 Å². The Morgan fingerprint density at radius 2 is 1.70 bits per heavy atom. The van der Waals surface area contributed by atoms with Crippen LogP contribution in [0.4, 0.5) is 10.5 Å². The highest BCUT2D eigenvalue weighted by Gasteiger charge is 2.31. The molecule has 0 unspecified atom stereocenters. The van der Waals surface area contributed by atoms with Crippen LogP contribution in [0, 0.1) is 11.8 Å². The summed E-state index contributed by atoms with van der Waals surface area (Å²) in [5.74, 6) is -0.397. The van der Waals surface area contributed by atoms with E-state index in [0.717, 1.165) is 24.9 Å². The van der Waals surface area contributed by atoms with Crippen molar-refractivity contribution in [2.24, 2.45) is 11.8 Å². The van der Waals surface area contributed by atoms with Gasteiger partial charge in [0, 0.05) is 24.8 Å². The lowest BCUT2D eigenvalue weighted by atomic mass is 9.86. The van der Waals surface area contributed by atoms with Gasteiger partial charge in [-0.1, -0.05) is 38.0 Å². The summed E-state index contributed by atoms with van der Waals surface area (Å²) in [5.41, 5.74) is 0.746. The Balaban J connectivity index is 1.41. The number of ether oxygens (including phenoxy) is 1. The zero-order chi connectivity index (χ0) is 21.5. The molecule has 2 fully saturated rings. The van der Waals surface area contributed by atoms with Crippen molar-refractivity contribution in [2.75, 3.05) is 18.4 Å². The summed E-state index contributed by atoms with van der Waals surface area (Å²) >= 11 is 0. The average molecular weight is 416 g/mol. The number of carbonyl (C=O) groups is 3. The molecular weight excluding hydrogens is 382 g/mol. The van der Waals surface area contributed by atoms with Crippen molar-refractivity contribution in [3.05, 3.63) is 30.3 Å². The first-order valence-corrected chi connectivity index (χ1v) is 11.1. The van der Waals surface area contributed by atoms with Gasteiger partial charge in [0.15, 0.2) is 6.10 Å². The van der Waals surface area contributed by atoms with Gasteiger partial charge in [0.1, 0.15) is 0 Å². The van der Waals surface area contributed by atoms with Crippen molar-refractivity contribution >= 4 is 23.6 Å². The van der Waals surface area contributed by atoms with Crippen molar-refractivity contribution in [3.63, 3.8) is 0 Å². The lowest BCUT2D eigenvalue weighted by molar-refractivity contribution is -0.160. The summed E-state index contributed by atoms with van der Waals surface area (Å²) in [6.07, 6.45) is 4.71. The third-order valence-electron chi connectivity index (χ3n) is 6.24. The number of hydrogen-bond acceptors (Lipinski definition) is 4. The largest absolute Gasteiger partial charge is 0.452 e. The fourth-order valence-electron chi connectivity index (χ4n) is 4.20. The quantitative estimate of drug-likeness (QED) is 0.720. The van der Waals surface area contributed by atoms with Gasteiger partial charge in [-0.3, -0.25) is 9.59 Å². The Hall–Kier alpha value is -2.57. The smallest absolute Gasteiger partial charge is 0.321 e. The summed E-state index contributed by atoms with van der Waals surface area (Å²) in [4.78, 5) is 39.0. The van der Waals surface area contributed by atoms with Gasteiger partial charge in [-0.05, 0) is 50.7 Å². The second-order valence-electron chi connectivity index (χ2n) is 8.51. The highest BCUT2D eigenvalue weighted by molar-refractivity contribution is 5.89. The number of likely N-dealkylation sites (tertiary alicyclic amines) is 1. The molecule has 2 N–H and O–H groups in total. The van der Waals surface area contributed by atoms with Gasteiger partial charge in [-0.2, -0.15) is 0 Å². The van der Waals surface area contributed by atoms with Crippen molar-refractivity contribution in [1.29, 1.82) is 0 Å². The van der Waals surface area contributed by atoms with Crippen molar-refractivity contribution < 1.29 is 19.1 Å². The molecule has 3 amide bonds. The lowest BCUT2D eigenvalue weighted by Crippen LogP contribution is -2.47. The topological polar surface area (TPSA) is 87.7 Å². The van der Waals surface area contributed by atoms with Crippen LogP contribution in [0.1, 0.15) is 52.4 Å². The lowest BCUT2D eigenvalue weighted by Gasteiger charge is -2.32. The molecule has 1 aromatic rings. The fraction of sp³-hybridized carbons (Fsp3) is 0.609. The minimum absolute atomic E-state index is 0.164. The molecule has 0 aromatic heterocycles. The first kappa shape index (κ1) is 22.1. The van der Waals surface area contributed by atoms with Crippen LogP contribution < -0.4 is 10.6 Å². The van der Waals surface area contributed by atoms with E-state index in [4.69, 9.17) is 4.74 Å². The van der Waals surface area contributed by atoms with E-state index in [-0.39, 0.29) is 29.9 Å². The first-order chi connectivity index (χ1) is 14.4. The average Bonchev–Trinajstić information content (AvgIpc) is 2.76. The molecule has 7 heteroatoms. The maximum absolute atomic E-state index is 12.5. The minimum Gasteiger partial charge on any atom is -0.452 e. The van der Waals surface area contributed by atoms with E-state index in [1.54, 1.807) is 11.8 Å². The van der Waals surface area contributed by atoms with Crippen molar-refractivity contribution in [2.45, 2.75) is 64.5 Å². The number of carbonyl (C=O) groups excluding carboxylic acids is 3. The summed E-state index contributed by atoms with van der Waals surface area (Å²) in [6.45, 7) is 4.75. The number of para-hydroxylation sites is 1. The van der Waals surface area contributed by atoms with Gasteiger partial charge in [-0.25, -0.2) is 4.79 Å². The van der Waals surface area contributed by atoms with E-state index in [1.165, 1.54) is 6.42 Å². The zero-order valence-electron chi connectivity index (χ0n) is 17.9. The number of nitrogens with one attached hydrogen (secondary N) is 2. The molecule has 30 heavy (non-hydrogen) atoms. The fourth-order valence-corrected chi connectivity index (χ4v) is 4.20. The number of esters is 1. The maximum Gasteiger partial charge on any atom is 0.321 e. The van der Waals surface area contributed by atoms with Gasteiger partial charge >= 0.3 is 12.0 Å². The molecule has 164 valence electrons. The SMILES string of the molecule is C[C@@H](OC(=O)C1CCN(C(=O)Nc2ccccc2)CC1)C(=O)N[C@@H]1CCCC[C@@H]1C. The second-order valence-corrected chi connectivity index (χ2v) is 8.51. The standard InChI is InChI=1S/C23H33N3O4/c1-16-8-6-7-11-20(16)25-21(27)17(2)30-22(28)18-12-14-26(15-13-18)23(29)24-19-9-4-3-5-10-19/h3-5,9-10,16-18,20H,6-8,11-15H2,1-2H3,(H,24,29)(H,25,27)/t16-,17+,20+/m0/s1. The normalized spacial score (nSPS) is 23.3. The van der Waals surface area contributed by atoms with Gasteiger partial charge in [0.05, 0.1) is 5.92 Å². The number of nitrogens with zero attached hydrogens (tertiary/aromatic N) is 1. The van der Waals surface area contributed by atoms with Crippen LogP contribution in [0.2, 0.25) is 0 Å². The number of piperidine rings is 1. The molecule has 1 aliphatic carbocycles. The van der Waals surface area contributed by atoms with Gasteiger partial charge in [-0.15, -0.1) is 0 Å². The van der Waals surface area contributed by atoms with Gasteiger partial charge in [0.25, 0.3) is 5.91 Å². The Labute approximate surface area is 178 Å². The van der Waals surface area contributed by atoms with Crippen LogP contribution >= 0.6 is 0 Å². The molecule has 1 saturated heterocycles. The summed E-state index contributed by atoms with van der Waals surface area (Å²) < 4.78 is 5.45. The van der Waals surface area contributed by atoms with Gasteiger partial charge in [0.2, 0.25) is 0 Å². The molecule has 1 heterocycles. The molecule has 2 aliphatic rings. The highest BCUT2D eigenvalue weighted by atomic mass is 16.5. The van der Waals surface area contributed by atoms with Crippen molar-refractivity contribution in [3.8, 4) is 0 Å². The maximum atomic E-state index is 12.5. The molecule has 0 radical (unpaired) electrons. The molecule has 7 nitrogen and oxygen atoms in total. The number of benzene rings is 1. The number of amides is 3. The van der Waals surface area contributed by atoms with E-state index >= 15 is 0 Å².